The zero-order valence-electron chi connectivity index (χ0n) is 9.63. The van der Waals surface area contributed by atoms with Crippen LogP contribution in [-0.2, 0) is 9.59 Å². The zero-order chi connectivity index (χ0) is 14.0. The topological polar surface area (TPSA) is 117 Å². The number of aromatic nitrogens is 1. The zero-order valence-corrected chi connectivity index (χ0v) is 9.63. The first-order chi connectivity index (χ1) is 8.97. The number of hydrogen-bond acceptors (Lipinski definition) is 5. The second-order valence-electron chi connectivity index (χ2n) is 3.87. The van der Waals surface area contributed by atoms with Crippen molar-refractivity contribution in [1.29, 1.82) is 0 Å². The highest BCUT2D eigenvalue weighted by molar-refractivity contribution is 6.44. The number of carboxylic acids is 1. The summed E-state index contributed by atoms with van der Waals surface area (Å²) in [5, 5.41) is 8.44. The van der Waals surface area contributed by atoms with E-state index in [1.54, 1.807) is 0 Å². The van der Waals surface area contributed by atoms with Crippen LogP contribution >= 0.6 is 0 Å². The van der Waals surface area contributed by atoms with Gasteiger partial charge in [0.25, 0.3) is 0 Å². The number of rotatable bonds is 5. The summed E-state index contributed by atoms with van der Waals surface area (Å²) in [5.74, 6) is -3.37. The molecule has 0 fully saturated rings. The molecule has 0 saturated carbocycles. The van der Waals surface area contributed by atoms with Crippen molar-refractivity contribution in [3.8, 4) is 0 Å². The van der Waals surface area contributed by atoms with E-state index in [4.69, 9.17) is 9.52 Å². The van der Waals surface area contributed by atoms with E-state index in [2.05, 4.69) is 4.98 Å². The molecule has 1 heterocycles. The summed E-state index contributed by atoms with van der Waals surface area (Å²) in [6, 6.07) is 4.06. The SMILES string of the molecule is O=C(O)CCC(=O)C(=O)c1ccc2oc(=O)[nH]c2c1. The minimum atomic E-state index is -1.14. The number of carbonyl (C=O) groups is 3. The molecular formula is C12H9NO6. The Morgan fingerprint density at radius 2 is 1.95 bits per heavy atom. The van der Waals surface area contributed by atoms with Gasteiger partial charge in [0, 0.05) is 12.0 Å². The number of fused-ring (bicyclic) bond motifs is 1. The third-order valence-electron chi connectivity index (χ3n) is 2.50. The van der Waals surface area contributed by atoms with Crippen molar-refractivity contribution < 1.29 is 23.9 Å². The van der Waals surface area contributed by atoms with E-state index in [1.807, 2.05) is 0 Å². The van der Waals surface area contributed by atoms with Gasteiger partial charge < -0.3 is 9.52 Å². The lowest BCUT2D eigenvalue weighted by molar-refractivity contribution is -0.138. The van der Waals surface area contributed by atoms with E-state index < -0.39 is 29.7 Å². The minimum Gasteiger partial charge on any atom is -0.481 e. The highest BCUT2D eigenvalue weighted by Crippen LogP contribution is 2.13. The molecule has 2 N–H and O–H groups in total. The van der Waals surface area contributed by atoms with Gasteiger partial charge in [0.05, 0.1) is 11.9 Å². The lowest BCUT2D eigenvalue weighted by atomic mass is 10.0. The van der Waals surface area contributed by atoms with Gasteiger partial charge in [-0.25, -0.2) is 4.79 Å². The summed E-state index contributed by atoms with van der Waals surface area (Å²) >= 11 is 0. The van der Waals surface area contributed by atoms with E-state index in [0.717, 1.165) is 0 Å². The van der Waals surface area contributed by atoms with Gasteiger partial charge in [-0.3, -0.25) is 19.4 Å². The maximum Gasteiger partial charge on any atom is 0.417 e. The Labute approximate surface area is 105 Å². The summed E-state index contributed by atoms with van der Waals surface area (Å²) < 4.78 is 4.76. The highest BCUT2D eigenvalue weighted by Gasteiger charge is 2.18. The van der Waals surface area contributed by atoms with Crippen LogP contribution in [0.3, 0.4) is 0 Å². The first-order valence-electron chi connectivity index (χ1n) is 5.39. The maximum atomic E-state index is 11.7. The van der Waals surface area contributed by atoms with Crippen molar-refractivity contribution >= 4 is 28.6 Å². The van der Waals surface area contributed by atoms with Crippen LogP contribution in [0.4, 0.5) is 0 Å². The molecule has 1 aromatic heterocycles. The smallest absolute Gasteiger partial charge is 0.417 e. The van der Waals surface area contributed by atoms with E-state index in [-0.39, 0.29) is 17.6 Å². The van der Waals surface area contributed by atoms with Gasteiger partial charge in [-0.05, 0) is 18.2 Å². The number of H-pyrrole nitrogens is 1. The molecule has 0 aliphatic carbocycles. The molecule has 0 aliphatic heterocycles. The minimum absolute atomic E-state index is 0.0833. The second-order valence-corrected chi connectivity index (χ2v) is 3.87. The number of carboxylic acid groups (broad SMARTS) is 1. The van der Waals surface area contributed by atoms with Crippen LogP contribution in [0.1, 0.15) is 23.2 Å². The Kier molecular flexibility index (Phi) is 3.28. The Balaban J connectivity index is 2.23. The molecule has 0 bridgehead atoms. The molecule has 0 saturated heterocycles. The molecule has 0 atom stereocenters. The third-order valence-corrected chi connectivity index (χ3v) is 2.50. The van der Waals surface area contributed by atoms with Gasteiger partial charge in [0.1, 0.15) is 0 Å². The van der Waals surface area contributed by atoms with E-state index in [1.165, 1.54) is 18.2 Å². The molecule has 1 aromatic carbocycles. The number of aliphatic carboxylic acids is 1. The largest absolute Gasteiger partial charge is 0.481 e. The molecule has 0 aliphatic rings. The number of oxazole rings is 1. The number of Topliss-reactive ketones (excluding diaryl/α,β-unsaturated/α-hetero) is 2. The molecule has 7 heteroatoms. The monoisotopic (exact) mass is 263 g/mol. The number of benzene rings is 1. The summed E-state index contributed by atoms with van der Waals surface area (Å²) in [6.45, 7) is 0. The highest BCUT2D eigenvalue weighted by atomic mass is 16.4. The standard InChI is InChI=1S/C12H9NO6/c14-8(2-4-10(15)16)11(17)6-1-3-9-7(5-6)13-12(18)19-9/h1,3,5H,2,4H2,(H,13,18)(H,15,16). The quantitative estimate of drug-likeness (QED) is 0.606. The van der Waals surface area contributed by atoms with E-state index in [0.29, 0.717) is 5.52 Å². The molecule has 0 unspecified atom stereocenters. The van der Waals surface area contributed by atoms with Gasteiger partial charge in [0.2, 0.25) is 11.6 Å². The number of hydrogen-bond donors (Lipinski definition) is 2. The Bertz CT molecular complexity index is 723. The average molecular weight is 263 g/mol. The molecular weight excluding hydrogens is 254 g/mol. The lowest BCUT2D eigenvalue weighted by Crippen LogP contribution is -2.15. The van der Waals surface area contributed by atoms with Gasteiger partial charge >= 0.3 is 11.7 Å². The predicted molar refractivity (Wildman–Crippen MR) is 63.0 cm³/mol. The molecule has 7 nitrogen and oxygen atoms in total. The molecule has 19 heavy (non-hydrogen) atoms. The molecule has 2 rings (SSSR count). The van der Waals surface area contributed by atoms with Gasteiger partial charge in [0.15, 0.2) is 5.58 Å². The number of ketones is 2. The normalized spacial score (nSPS) is 10.5. The van der Waals surface area contributed by atoms with Crippen molar-refractivity contribution in [1.82, 2.24) is 4.98 Å². The van der Waals surface area contributed by atoms with Crippen LogP contribution in [-0.4, -0.2) is 27.6 Å². The average Bonchev–Trinajstić information content (AvgIpc) is 2.73. The molecule has 2 aromatic rings. The molecule has 0 amide bonds. The number of carbonyl (C=O) groups excluding carboxylic acids is 2. The van der Waals surface area contributed by atoms with Crippen LogP contribution in [0.25, 0.3) is 11.1 Å². The van der Waals surface area contributed by atoms with Crippen LogP contribution < -0.4 is 5.76 Å². The van der Waals surface area contributed by atoms with Crippen molar-refractivity contribution in [3.05, 3.63) is 34.3 Å². The fourth-order valence-electron chi connectivity index (χ4n) is 1.59. The van der Waals surface area contributed by atoms with E-state index in [9.17, 15) is 19.2 Å². The fourth-order valence-corrected chi connectivity index (χ4v) is 1.59. The summed E-state index contributed by atoms with van der Waals surface area (Å²) in [4.78, 5) is 46.9. The maximum absolute atomic E-state index is 11.7. The molecule has 0 spiro atoms. The van der Waals surface area contributed by atoms with Crippen molar-refractivity contribution in [3.63, 3.8) is 0 Å². The van der Waals surface area contributed by atoms with Crippen LogP contribution in [0.5, 0.6) is 0 Å². The van der Waals surface area contributed by atoms with E-state index >= 15 is 0 Å². The number of nitrogens with one attached hydrogen (secondary N) is 1. The Morgan fingerprint density at radius 1 is 1.21 bits per heavy atom. The van der Waals surface area contributed by atoms with Gasteiger partial charge in [-0.15, -0.1) is 0 Å². The van der Waals surface area contributed by atoms with Crippen LogP contribution in [0, 0.1) is 0 Å². The summed E-state index contributed by atoms with van der Waals surface area (Å²) in [7, 11) is 0. The van der Waals surface area contributed by atoms with Gasteiger partial charge in [-0.1, -0.05) is 0 Å². The summed E-state index contributed by atoms with van der Waals surface area (Å²) in [6.07, 6.45) is -0.747. The Morgan fingerprint density at radius 3 is 2.63 bits per heavy atom. The third kappa shape index (κ3) is 2.76. The van der Waals surface area contributed by atoms with Crippen molar-refractivity contribution in [2.24, 2.45) is 0 Å². The second kappa shape index (κ2) is 4.89. The summed E-state index contributed by atoms with van der Waals surface area (Å²) in [5.41, 5.74) is 0.668. The number of aromatic amines is 1. The lowest BCUT2D eigenvalue weighted by Gasteiger charge is -1.99. The van der Waals surface area contributed by atoms with Crippen molar-refractivity contribution in [2.45, 2.75) is 12.8 Å². The molecule has 0 radical (unpaired) electrons. The first-order valence-corrected chi connectivity index (χ1v) is 5.39. The molecule has 98 valence electrons. The fraction of sp³-hybridized carbons (Fsp3) is 0.167. The Hall–Kier alpha value is -2.70. The first kappa shape index (κ1) is 12.7. The van der Waals surface area contributed by atoms with Crippen LogP contribution in [0.15, 0.2) is 27.4 Å². The van der Waals surface area contributed by atoms with Gasteiger partial charge in [-0.2, -0.15) is 0 Å². The van der Waals surface area contributed by atoms with Crippen molar-refractivity contribution in [2.75, 3.05) is 0 Å². The predicted octanol–water partition coefficient (Wildman–Crippen LogP) is 0.738. The van der Waals surface area contributed by atoms with Crippen LogP contribution in [0.2, 0.25) is 0 Å².